The van der Waals surface area contributed by atoms with Crippen molar-refractivity contribution in [2.24, 2.45) is 0 Å². The Morgan fingerprint density at radius 1 is 1.11 bits per heavy atom. The highest BCUT2D eigenvalue weighted by atomic mass is 35.5. The first-order chi connectivity index (χ1) is 13.2. The zero-order valence-corrected chi connectivity index (χ0v) is 18.0. The highest BCUT2D eigenvalue weighted by Gasteiger charge is 2.31. The molecule has 0 radical (unpaired) electrons. The third kappa shape index (κ3) is 6.24. The third-order valence-electron chi connectivity index (χ3n) is 4.51. The fraction of sp³-hybridized carbons (Fsp3) is 0.381. The van der Waals surface area contributed by atoms with Gasteiger partial charge in [-0.15, -0.1) is 0 Å². The Kier molecular flexibility index (Phi) is 7.89. The predicted molar refractivity (Wildman–Crippen MR) is 115 cm³/mol. The van der Waals surface area contributed by atoms with Gasteiger partial charge in [-0.1, -0.05) is 48.9 Å². The van der Waals surface area contributed by atoms with Gasteiger partial charge in [0.15, 0.2) is 0 Å². The lowest BCUT2D eigenvalue weighted by Gasteiger charge is -2.31. The molecule has 2 aromatic carbocycles. The fourth-order valence-corrected chi connectivity index (χ4v) is 4.43. The maximum absolute atomic E-state index is 12.9. The number of anilines is 1. The zero-order chi connectivity index (χ0) is 20.7. The minimum absolute atomic E-state index is 0.0756. The van der Waals surface area contributed by atoms with Crippen molar-refractivity contribution >= 4 is 33.2 Å². The standard InChI is InChI=1S/C21H27ClN2O3S/c1-4-20(24(28(3,26)27)19-14-12-18(22)13-15-19)21(25)23-16(2)10-11-17-8-6-5-7-9-17/h5-9,12-16,20H,4,10-11H2,1-3H3,(H,23,25)/t16-,20-/m1/s1. The van der Waals surface area contributed by atoms with Crippen LogP contribution in [0.4, 0.5) is 5.69 Å². The monoisotopic (exact) mass is 422 g/mol. The van der Waals surface area contributed by atoms with Gasteiger partial charge >= 0.3 is 0 Å². The van der Waals surface area contributed by atoms with Crippen molar-refractivity contribution in [3.8, 4) is 0 Å². The van der Waals surface area contributed by atoms with Crippen molar-refractivity contribution in [1.82, 2.24) is 5.32 Å². The summed E-state index contributed by atoms with van der Waals surface area (Å²) in [5.74, 6) is -0.302. The summed E-state index contributed by atoms with van der Waals surface area (Å²) >= 11 is 5.91. The van der Waals surface area contributed by atoms with E-state index in [9.17, 15) is 13.2 Å². The number of hydrogen-bond acceptors (Lipinski definition) is 3. The molecule has 2 atom stereocenters. The van der Waals surface area contributed by atoms with Gasteiger partial charge < -0.3 is 5.32 Å². The number of hydrogen-bond donors (Lipinski definition) is 1. The lowest BCUT2D eigenvalue weighted by Crippen LogP contribution is -2.51. The largest absolute Gasteiger partial charge is 0.352 e. The van der Waals surface area contributed by atoms with Crippen LogP contribution in [0.5, 0.6) is 0 Å². The maximum atomic E-state index is 12.9. The molecule has 0 aromatic heterocycles. The summed E-state index contributed by atoms with van der Waals surface area (Å²) in [6.07, 6.45) is 3.07. The summed E-state index contributed by atoms with van der Waals surface area (Å²) in [7, 11) is -3.65. The second-order valence-electron chi connectivity index (χ2n) is 6.89. The Balaban J connectivity index is 2.11. The summed E-state index contributed by atoms with van der Waals surface area (Å²) in [6.45, 7) is 3.73. The summed E-state index contributed by atoms with van der Waals surface area (Å²) in [5, 5.41) is 3.47. The Labute approximate surface area is 172 Å². The Hall–Kier alpha value is -2.05. The van der Waals surface area contributed by atoms with Crippen molar-refractivity contribution < 1.29 is 13.2 Å². The minimum Gasteiger partial charge on any atom is -0.352 e. The molecule has 5 nitrogen and oxygen atoms in total. The molecule has 0 fully saturated rings. The number of carbonyl (C=O) groups excluding carboxylic acids is 1. The van der Waals surface area contributed by atoms with E-state index in [1.165, 1.54) is 9.87 Å². The van der Waals surface area contributed by atoms with Gasteiger partial charge in [0.25, 0.3) is 0 Å². The molecule has 1 amide bonds. The molecule has 28 heavy (non-hydrogen) atoms. The molecule has 0 spiro atoms. The summed E-state index contributed by atoms with van der Waals surface area (Å²) in [6, 6.07) is 15.6. The summed E-state index contributed by atoms with van der Waals surface area (Å²) in [5.41, 5.74) is 1.63. The molecule has 0 aliphatic heterocycles. The fourth-order valence-electron chi connectivity index (χ4n) is 3.09. The van der Waals surface area contributed by atoms with E-state index >= 15 is 0 Å². The first kappa shape index (κ1) is 22.2. The zero-order valence-electron chi connectivity index (χ0n) is 16.4. The summed E-state index contributed by atoms with van der Waals surface area (Å²) < 4.78 is 26.0. The Bertz CT molecular complexity index is 870. The van der Waals surface area contributed by atoms with E-state index in [-0.39, 0.29) is 11.9 Å². The van der Waals surface area contributed by atoms with Crippen molar-refractivity contribution in [3.05, 3.63) is 65.2 Å². The van der Waals surface area contributed by atoms with Gasteiger partial charge in [-0.3, -0.25) is 9.10 Å². The summed E-state index contributed by atoms with van der Waals surface area (Å²) in [4.78, 5) is 12.9. The molecule has 2 aromatic rings. The number of sulfonamides is 1. The van der Waals surface area contributed by atoms with Crippen LogP contribution in [0.15, 0.2) is 54.6 Å². The number of halogens is 1. The number of carbonyl (C=O) groups is 1. The molecule has 1 N–H and O–H groups in total. The molecule has 0 unspecified atom stereocenters. The van der Waals surface area contributed by atoms with Crippen molar-refractivity contribution in [1.29, 1.82) is 0 Å². The molecule has 2 rings (SSSR count). The number of rotatable bonds is 9. The SMILES string of the molecule is CC[C@H](C(=O)N[C@H](C)CCc1ccccc1)N(c1ccc(Cl)cc1)S(C)(=O)=O. The Morgan fingerprint density at radius 3 is 2.25 bits per heavy atom. The van der Waals surface area contributed by atoms with Gasteiger partial charge in [-0.25, -0.2) is 8.42 Å². The predicted octanol–water partition coefficient (Wildman–Crippen LogP) is 4.02. The van der Waals surface area contributed by atoms with Crippen molar-refractivity contribution in [2.45, 2.75) is 45.2 Å². The molecular formula is C21H27ClN2O3S. The van der Waals surface area contributed by atoms with Gasteiger partial charge in [0.1, 0.15) is 6.04 Å². The highest BCUT2D eigenvalue weighted by Crippen LogP contribution is 2.24. The molecular weight excluding hydrogens is 396 g/mol. The Morgan fingerprint density at radius 2 is 1.71 bits per heavy atom. The third-order valence-corrected chi connectivity index (χ3v) is 5.94. The van der Waals surface area contributed by atoms with Crippen LogP contribution in [-0.4, -0.2) is 32.7 Å². The first-order valence-electron chi connectivity index (χ1n) is 9.31. The number of amides is 1. The van der Waals surface area contributed by atoms with E-state index in [2.05, 4.69) is 17.4 Å². The number of benzene rings is 2. The quantitative estimate of drug-likeness (QED) is 0.663. The number of nitrogens with one attached hydrogen (secondary N) is 1. The second kappa shape index (κ2) is 9.94. The van der Waals surface area contributed by atoms with Crippen molar-refractivity contribution in [2.75, 3.05) is 10.6 Å². The molecule has 0 aliphatic rings. The van der Waals surface area contributed by atoms with Crippen LogP contribution in [-0.2, 0) is 21.2 Å². The average Bonchev–Trinajstić information content (AvgIpc) is 2.65. The molecule has 0 aliphatic carbocycles. The molecule has 152 valence electrons. The average molecular weight is 423 g/mol. The van der Waals surface area contributed by atoms with Crippen LogP contribution >= 0.6 is 11.6 Å². The lowest BCUT2D eigenvalue weighted by molar-refractivity contribution is -0.122. The maximum Gasteiger partial charge on any atom is 0.244 e. The number of aryl methyl sites for hydroxylation is 1. The van der Waals surface area contributed by atoms with Gasteiger partial charge in [0.2, 0.25) is 15.9 Å². The van der Waals surface area contributed by atoms with E-state index in [1.807, 2.05) is 25.1 Å². The van der Waals surface area contributed by atoms with Gasteiger partial charge in [-0.2, -0.15) is 0 Å². The van der Waals surface area contributed by atoms with Gasteiger partial charge in [0.05, 0.1) is 11.9 Å². The van der Waals surface area contributed by atoms with E-state index < -0.39 is 16.1 Å². The van der Waals surface area contributed by atoms with E-state index in [0.717, 1.165) is 19.1 Å². The smallest absolute Gasteiger partial charge is 0.244 e. The molecule has 0 heterocycles. The highest BCUT2D eigenvalue weighted by molar-refractivity contribution is 7.92. The van der Waals surface area contributed by atoms with Crippen LogP contribution < -0.4 is 9.62 Å². The molecule has 0 bridgehead atoms. The van der Waals surface area contributed by atoms with Crippen LogP contribution in [0.3, 0.4) is 0 Å². The molecule has 0 saturated heterocycles. The van der Waals surface area contributed by atoms with Crippen LogP contribution in [0.25, 0.3) is 0 Å². The van der Waals surface area contributed by atoms with Gasteiger partial charge in [0, 0.05) is 11.1 Å². The molecule has 0 saturated carbocycles. The van der Waals surface area contributed by atoms with E-state index in [1.54, 1.807) is 31.2 Å². The van der Waals surface area contributed by atoms with E-state index in [0.29, 0.717) is 17.1 Å². The van der Waals surface area contributed by atoms with Crippen LogP contribution in [0.1, 0.15) is 32.3 Å². The minimum atomic E-state index is -3.65. The van der Waals surface area contributed by atoms with E-state index in [4.69, 9.17) is 11.6 Å². The van der Waals surface area contributed by atoms with Crippen LogP contribution in [0.2, 0.25) is 5.02 Å². The molecule has 7 heteroatoms. The van der Waals surface area contributed by atoms with Gasteiger partial charge in [-0.05, 0) is 56.0 Å². The first-order valence-corrected chi connectivity index (χ1v) is 11.5. The lowest BCUT2D eigenvalue weighted by atomic mass is 10.1. The number of nitrogens with zero attached hydrogens (tertiary/aromatic N) is 1. The van der Waals surface area contributed by atoms with Crippen LogP contribution in [0, 0.1) is 0 Å². The second-order valence-corrected chi connectivity index (χ2v) is 9.19. The topological polar surface area (TPSA) is 66.5 Å². The van der Waals surface area contributed by atoms with Crippen molar-refractivity contribution in [3.63, 3.8) is 0 Å². The normalized spacial score (nSPS) is 13.6.